The summed E-state index contributed by atoms with van der Waals surface area (Å²) in [4.78, 5) is 31.2. The van der Waals surface area contributed by atoms with E-state index in [9.17, 15) is 4.79 Å². The fourth-order valence-corrected chi connectivity index (χ4v) is 4.78. The number of morpholine rings is 1. The smallest absolute Gasteiger partial charge is 0.260 e. The van der Waals surface area contributed by atoms with Gasteiger partial charge in [0.05, 0.1) is 34.5 Å². The predicted molar refractivity (Wildman–Crippen MR) is 130 cm³/mol. The first-order valence-electron chi connectivity index (χ1n) is 10.5. The van der Waals surface area contributed by atoms with Gasteiger partial charge in [-0.15, -0.1) is 12.4 Å². The van der Waals surface area contributed by atoms with Crippen molar-refractivity contribution in [3.05, 3.63) is 60.4 Å². The van der Waals surface area contributed by atoms with Crippen molar-refractivity contribution in [2.45, 2.75) is 6.42 Å². The quantitative estimate of drug-likeness (QED) is 0.424. The van der Waals surface area contributed by atoms with Crippen molar-refractivity contribution < 1.29 is 9.53 Å². The second-order valence-corrected chi connectivity index (χ2v) is 8.50. The van der Waals surface area contributed by atoms with Crippen LogP contribution in [0.2, 0.25) is 0 Å². The number of benzene rings is 2. The van der Waals surface area contributed by atoms with Crippen LogP contribution in [-0.4, -0.2) is 65.2 Å². The molecule has 4 aromatic rings. The number of rotatable bonds is 6. The predicted octanol–water partition coefficient (Wildman–Crippen LogP) is 4.03. The summed E-state index contributed by atoms with van der Waals surface area (Å²) in [6.07, 6.45) is 4.17. The molecule has 0 spiro atoms. The zero-order chi connectivity index (χ0) is 21.0. The van der Waals surface area contributed by atoms with Gasteiger partial charge in [0, 0.05) is 44.1 Å². The lowest BCUT2D eigenvalue weighted by molar-refractivity contribution is 0.0376. The first kappa shape index (κ1) is 22.5. The molecule has 0 unspecified atom stereocenters. The Morgan fingerprint density at radius 2 is 1.81 bits per heavy atom. The monoisotopic (exact) mass is 469 g/mol. The topological polar surface area (TPSA) is 71.5 Å². The third kappa shape index (κ3) is 4.88. The van der Waals surface area contributed by atoms with E-state index in [-0.39, 0.29) is 18.3 Å². The van der Waals surface area contributed by atoms with Crippen molar-refractivity contribution >= 4 is 56.0 Å². The third-order valence-electron chi connectivity index (χ3n) is 5.43. The molecule has 7 nitrogen and oxygen atoms in total. The SMILES string of the molecule is Cl.O=C(c1ccc2nccnc2c1)N(CCCN1CCOCC1)c1nc2ccccc2s1. The molecule has 0 radical (unpaired) electrons. The van der Waals surface area contributed by atoms with Gasteiger partial charge < -0.3 is 4.74 Å². The van der Waals surface area contributed by atoms with Crippen molar-refractivity contribution in [1.82, 2.24) is 19.9 Å². The average molecular weight is 470 g/mol. The number of anilines is 1. The van der Waals surface area contributed by atoms with Gasteiger partial charge in [-0.3, -0.25) is 24.6 Å². The van der Waals surface area contributed by atoms with Gasteiger partial charge in [-0.1, -0.05) is 23.5 Å². The Morgan fingerprint density at radius 3 is 2.62 bits per heavy atom. The van der Waals surface area contributed by atoms with Gasteiger partial charge in [-0.25, -0.2) is 4.98 Å². The zero-order valence-corrected chi connectivity index (χ0v) is 19.1. The highest BCUT2D eigenvalue weighted by molar-refractivity contribution is 7.22. The summed E-state index contributed by atoms with van der Waals surface area (Å²) >= 11 is 1.55. The summed E-state index contributed by atoms with van der Waals surface area (Å²) < 4.78 is 6.51. The summed E-state index contributed by atoms with van der Waals surface area (Å²) in [5, 5.41) is 0.729. The Kier molecular flexibility index (Phi) is 7.26. The number of carbonyl (C=O) groups is 1. The molecule has 166 valence electrons. The van der Waals surface area contributed by atoms with Crippen LogP contribution in [0.25, 0.3) is 21.3 Å². The fraction of sp³-hybridized carbons (Fsp3) is 0.304. The zero-order valence-electron chi connectivity index (χ0n) is 17.5. The molecule has 1 fully saturated rings. The molecule has 2 aromatic carbocycles. The second-order valence-electron chi connectivity index (χ2n) is 7.49. The Labute approximate surface area is 196 Å². The number of aromatic nitrogens is 3. The van der Waals surface area contributed by atoms with Crippen LogP contribution in [0.3, 0.4) is 0 Å². The lowest BCUT2D eigenvalue weighted by Gasteiger charge is -2.27. The molecular weight excluding hydrogens is 446 g/mol. The highest BCUT2D eigenvalue weighted by Crippen LogP contribution is 2.30. The molecular formula is C23H24ClN5O2S. The van der Waals surface area contributed by atoms with Crippen LogP contribution in [0.4, 0.5) is 5.13 Å². The van der Waals surface area contributed by atoms with E-state index in [4.69, 9.17) is 9.72 Å². The number of hydrogen-bond donors (Lipinski definition) is 0. The number of carbonyl (C=O) groups excluding carboxylic acids is 1. The molecule has 32 heavy (non-hydrogen) atoms. The molecule has 0 N–H and O–H groups in total. The first-order chi connectivity index (χ1) is 15.3. The van der Waals surface area contributed by atoms with Crippen LogP contribution < -0.4 is 4.90 Å². The van der Waals surface area contributed by atoms with Crippen LogP contribution in [0, 0.1) is 0 Å². The Morgan fingerprint density at radius 1 is 1.03 bits per heavy atom. The lowest BCUT2D eigenvalue weighted by Crippen LogP contribution is -2.39. The molecule has 1 saturated heterocycles. The maximum atomic E-state index is 13.6. The van der Waals surface area contributed by atoms with E-state index in [2.05, 4.69) is 14.9 Å². The molecule has 2 aromatic heterocycles. The lowest BCUT2D eigenvalue weighted by atomic mass is 10.1. The van der Waals surface area contributed by atoms with E-state index in [0.29, 0.717) is 17.6 Å². The van der Waals surface area contributed by atoms with Crippen molar-refractivity contribution in [3.63, 3.8) is 0 Å². The van der Waals surface area contributed by atoms with E-state index in [1.807, 2.05) is 47.4 Å². The van der Waals surface area contributed by atoms with Crippen LogP contribution in [-0.2, 0) is 4.74 Å². The molecule has 3 heterocycles. The minimum atomic E-state index is -0.0615. The maximum absolute atomic E-state index is 13.6. The Bertz CT molecular complexity index is 1180. The van der Waals surface area contributed by atoms with Gasteiger partial charge in [-0.05, 0) is 36.8 Å². The summed E-state index contributed by atoms with van der Waals surface area (Å²) in [6.45, 7) is 4.98. The maximum Gasteiger partial charge on any atom is 0.260 e. The molecule has 1 aliphatic rings. The van der Waals surface area contributed by atoms with Gasteiger partial charge >= 0.3 is 0 Å². The van der Waals surface area contributed by atoms with Crippen molar-refractivity contribution in [2.75, 3.05) is 44.3 Å². The van der Waals surface area contributed by atoms with E-state index in [0.717, 1.165) is 60.1 Å². The van der Waals surface area contributed by atoms with E-state index < -0.39 is 0 Å². The minimum absolute atomic E-state index is 0. The standard InChI is InChI=1S/C23H23N5O2S.ClH/c29-22(17-6-7-18-20(16-17)25-9-8-24-18)28(11-3-10-27-12-14-30-15-13-27)23-26-19-4-1-2-5-21(19)31-23;/h1-2,4-9,16H,3,10-15H2;1H. The van der Waals surface area contributed by atoms with Gasteiger partial charge in [0.2, 0.25) is 0 Å². The number of hydrogen-bond acceptors (Lipinski definition) is 7. The van der Waals surface area contributed by atoms with Crippen LogP contribution in [0.5, 0.6) is 0 Å². The summed E-state index contributed by atoms with van der Waals surface area (Å²) in [6, 6.07) is 13.5. The molecule has 1 amide bonds. The number of fused-ring (bicyclic) bond motifs is 2. The van der Waals surface area contributed by atoms with E-state index in [1.54, 1.807) is 23.7 Å². The van der Waals surface area contributed by atoms with E-state index in [1.165, 1.54) is 0 Å². The highest BCUT2D eigenvalue weighted by atomic mass is 35.5. The van der Waals surface area contributed by atoms with Crippen LogP contribution in [0.15, 0.2) is 54.9 Å². The second kappa shape index (κ2) is 10.3. The average Bonchev–Trinajstić information content (AvgIpc) is 3.26. The number of halogens is 1. The number of ether oxygens (including phenoxy) is 1. The summed E-state index contributed by atoms with van der Waals surface area (Å²) in [5.41, 5.74) is 3.00. The molecule has 0 atom stereocenters. The normalized spacial score (nSPS) is 14.4. The highest BCUT2D eigenvalue weighted by Gasteiger charge is 2.22. The van der Waals surface area contributed by atoms with Crippen molar-refractivity contribution in [2.24, 2.45) is 0 Å². The van der Waals surface area contributed by atoms with Crippen LogP contribution >= 0.6 is 23.7 Å². The minimum Gasteiger partial charge on any atom is -0.379 e. The molecule has 0 bridgehead atoms. The largest absolute Gasteiger partial charge is 0.379 e. The van der Waals surface area contributed by atoms with Crippen molar-refractivity contribution in [1.29, 1.82) is 0 Å². The Hall–Kier alpha value is -2.65. The van der Waals surface area contributed by atoms with Gasteiger partial charge in [0.1, 0.15) is 0 Å². The third-order valence-corrected chi connectivity index (χ3v) is 6.49. The molecule has 1 aliphatic heterocycles. The van der Waals surface area contributed by atoms with Gasteiger partial charge in [0.15, 0.2) is 5.13 Å². The summed E-state index contributed by atoms with van der Waals surface area (Å²) in [5.74, 6) is -0.0615. The molecule has 5 rings (SSSR count). The van der Waals surface area contributed by atoms with Gasteiger partial charge in [0.25, 0.3) is 5.91 Å². The number of amides is 1. The van der Waals surface area contributed by atoms with Crippen molar-refractivity contribution in [3.8, 4) is 0 Å². The van der Waals surface area contributed by atoms with Crippen LogP contribution in [0.1, 0.15) is 16.8 Å². The first-order valence-corrected chi connectivity index (χ1v) is 11.3. The number of thiazole rings is 1. The number of para-hydroxylation sites is 1. The number of nitrogens with zero attached hydrogens (tertiary/aromatic N) is 5. The van der Waals surface area contributed by atoms with Gasteiger partial charge in [-0.2, -0.15) is 0 Å². The molecule has 9 heteroatoms. The molecule has 0 aliphatic carbocycles. The molecule has 0 saturated carbocycles. The summed E-state index contributed by atoms with van der Waals surface area (Å²) in [7, 11) is 0. The Balaban J connectivity index is 0.00000245. The fourth-order valence-electron chi connectivity index (χ4n) is 3.79. The van der Waals surface area contributed by atoms with E-state index >= 15 is 0 Å².